The fraction of sp³-hybridized carbons (Fsp3) is 0.667. The quantitative estimate of drug-likeness (QED) is 0.645. The van der Waals surface area contributed by atoms with Gasteiger partial charge in [0.05, 0.1) is 0 Å². The van der Waals surface area contributed by atoms with Crippen molar-refractivity contribution in [1.82, 2.24) is 0 Å². The van der Waals surface area contributed by atoms with Crippen molar-refractivity contribution in [3.8, 4) is 17.2 Å². The molecule has 0 fully saturated rings. The minimum Gasteiger partial charge on any atom is -0.504 e. The first-order chi connectivity index (χ1) is 10.9. The molecule has 23 heavy (non-hydrogen) atoms. The molecule has 0 aliphatic carbocycles. The van der Waals surface area contributed by atoms with Gasteiger partial charge in [-0.15, -0.1) is 0 Å². The van der Waals surface area contributed by atoms with E-state index in [1.807, 2.05) is 26.8 Å². The Hall–Kier alpha value is -1.46. The van der Waals surface area contributed by atoms with Crippen LogP contribution in [0.15, 0.2) is 12.1 Å². The maximum absolute atomic E-state index is 10.4. The third-order valence-electron chi connectivity index (χ3n) is 3.62. The molecule has 1 N–H and O–H groups in total. The number of benzene rings is 1. The Labute approximate surface area is 139 Å². The van der Waals surface area contributed by atoms with Gasteiger partial charge in [0, 0.05) is 13.2 Å². The maximum Gasteiger partial charge on any atom is 0.206 e. The second-order valence-corrected chi connectivity index (χ2v) is 5.46. The molecule has 5 heteroatoms. The minimum atomic E-state index is -0.481. The highest BCUT2D eigenvalue weighted by Crippen LogP contribution is 2.41. The van der Waals surface area contributed by atoms with Crippen LogP contribution in [0.5, 0.6) is 17.2 Å². The molecule has 3 atom stereocenters. The van der Waals surface area contributed by atoms with Crippen molar-refractivity contribution in [1.29, 1.82) is 0 Å². The Kier molecular flexibility index (Phi) is 8.20. The lowest BCUT2D eigenvalue weighted by Gasteiger charge is -2.22. The highest BCUT2D eigenvalue weighted by molar-refractivity contribution is 5.53. The van der Waals surface area contributed by atoms with Gasteiger partial charge in [0.15, 0.2) is 24.1 Å². The van der Waals surface area contributed by atoms with E-state index in [0.717, 1.165) is 12.0 Å². The number of ether oxygens (including phenoxy) is 4. The first-order valence-corrected chi connectivity index (χ1v) is 8.36. The molecule has 0 saturated carbocycles. The Bertz CT molecular complexity index is 475. The van der Waals surface area contributed by atoms with Gasteiger partial charge in [-0.2, -0.15) is 0 Å². The summed E-state index contributed by atoms with van der Waals surface area (Å²) in [5, 5.41) is 10.4. The van der Waals surface area contributed by atoms with Crippen LogP contribution in [0.25, 0.3) is 0 Å². The van der Waals surface area contributed by atoms with Crippen molar-refractivity contribution in [2.24, 2.45) is 0 Å². The SMILES string of the molecule is CCOC(C)Oc1cc(C(C)CC)cc(O)c1OC(C)OCC. The lowest BCUT2D eigenvalue weighted by Crippen LogP contribution is -2.19. The second kappa shape index (κ2) is 9.63. The Balaban J connectivity index is 3.13. The fourth-order valence-electron chi connectivity index (χ4n) is 2.22. The zero-order chi connectivity index (χ0) is 17.4. The predicted molar refractivity (Wildman–Crippen MR) is 90.2 cm³/mol. The molecule has 0 bridgehead atoms. The first kappa shape index (κ1) is 19.6. The summed E-state index contributed by atoms with van der Waals surface area (Å²) >= 11 is 0. The van der Waals surface area contributed by atoms with Crippen LogP contribution >= 0.6 is 0 Å². The molecule has 1 aromatic carbocycles. The standard InChI is InChI=1S/C18H30O5/c1-7-12(4)15-10-16(19)18(23-14(6)21-9-3)17(11-15)22-13(5)20-8-2/h10-14,19H,7-9H2,1-6H3. The number of hydrogen-bond acceptors (Lipinski definition) is 5. The summed E-state index contributed by atoms with van der Waals surface area (Å²) in [5.74, 6) is 1.11. The van der Waals surface area contributed by atoms with Gasteiger partial charge in [-0.3, -0.25) is 0 Å². The van der Waals surface area contributed by atoms with E-state index in [2.05, 4.69) is 13.8 Å². The van der Waals surface area contributed by atoms with Crippen molar-refractivity contribution in [3.05, 3.63) is 17.7 Å². The van der Waals surface area contributed by atoms with E-state index in [-0.39, 0.29) is 11.5 Å². The zero-order valence-corrected chi connectivity index (χ0v) is 15.1. The molecule has 0 radical (unpaired) electrons. The molecule has 0 aliphatic heterocycles. The third-order valence-corrected chi connectivity index (χ3v) is 3.62. The van der Waals surface area contributed by atoms with Crippen molar-refractivity contribution in [2.75, 3.05) is 13.2 Å². The van der Waals surface area contributed by atoms with Crippen molar-refractivity contribution < 1.29 is 24.1 Å². The molecule has 5 nitrogen and oxygen atoms in total. The normalized spacial score (nSPS) is 15.0. The first-order valence-electron chi connectivity index (χ1n) is 8.36. The van der Waals surface area contributed by atoms with E-state index in [9.17, 15) is 5.11 Å². The molecular weight excluding hydrogens is 296 g/mol. The summed E-state index contributed by atoms with van der Waals surface area (Å²) < 4.78 is 22.3. The highest BCUT2D eigenvalue weighted by atomic mass is 16.7. The molecule has 1 rings (SSSR count). The van der Waals surface area contributed by atoms with E-state index in [1.165, 1.54) is 0 Å². The molecule has 0 aliphatic rings. The smallest absolute Gasteiger partial charge is 0.206 e. The van der Waals surface area contributed by atoms with Gasteiger partial charge in [0.1, 0.15) is 0 Å². The summed E-state index contributed by atoms with van der Waals surface area (Å²) in [4.78, 5) is 0. The maximum atomic E-state index is 10.4. The number of phenolic OH excluding ortho intramolecular Hbond substituents is 1. The summed E-state index contributed by atoms with van der Waals surface area (Å²) in [6.07, 6.45) is 0.0524. The van der Waals surface area contributed by atoms with E-state index in [0.29, 0.717) is 24.9 Å². The molecule has 0 amide bonds. The summed E-state index contributed by atoms with van der Waals surface area (Å²) in [6.45, 7) is 12.7. The van der Waals surface area contributed by atoms with Gasteiger partial charge >= 0.3 is 0 Å². The van der Waals surface area contributed by atoms with E-state index in [1.54, 1.807) is 13.0 Å². The van der Waals surface area contributed by atoms with Gasteiger partial charge < -0.3 is 24.1 Å². The lowest BCUT2D eigenvalue weighted by atomic mass is 9.98. The van der Waals surface area contributed by atoms with E-state index < -0.39 is 12.6 Å². The van der Waals surface area contributed by atoms with Crippen molar-refractivity contribution in [3.63, 3.8) is 0 Å². The Morgan fingerprint density at radius 1 is 0.913 bits per heavy atom. The molecule has 3 unspecified atom stereocenters. The van der Waals surface area contributed by atoms with E-state index in [4.69, 9.17) is 18.9 Å². The minimum absolute atomic E-state index is 0.0491. The van der Waals surface area contributed by atoms with Crippen LogP contribution in [0.4, 0.5) is 0 Å². The number of phenols is 1. The average Bonchev–Trinajstić information content (AvgIpc) is 2.50. The Morgan fingerprint density at radius 2 is 1.48 bits per heavy atom. The third kappa shape index (κ3) is 5.92. The molecule has 132 valence electrons. The highest BCUT2D eigenvalue weighted by Gasteiger charge is 2.20. The Morgan fingerprint density at radius 3 is 2.00 bits per heavy atom. The van der Waals surface area contributed by atoms with Gasteiger partial charge in [-0.05, 0) is 57.7 Å². The van der Waals surface area contributed by atoms with Crippen LogP contribution in [0.2, 0.25) is 0 Å². The molecule has 0 spiro atoms. The van der Waals surface area contributed by atoms with Crippen LogP contribution in [-0.4, -0.2) is 30.9 Å². The van der Waals surface area contributed by atoms with E-state index >= 15 is 0 Å². The molecule has 1 aromatic rings. The van der Waals surface area contributed by atoms with Gasteiger partial charge in [0.2, 0.25) is 5.75 Å². The van der Waals surface area contributed by atoms with Crippen LogP contribution in [0.3, 0.4) is 0 Å². The molecule has 0 aromatic heterocycles. The fourth-order valence-corrected chi connectivity index (χ4v) is 2.22. The second-order valence-electron chi connectivity index (χ2n) is 5.46. The topological polar surface area (TPSA) is 57.2 Å². The van der Waals surface area contributed by atoms with Crippen molar-refractivity contribution in [2.45, 2.75) is 66.5 Å². The molecule has 0 saturated heterocycles. The monoisotopic (exact) mass is 326 g/mol. The van der Waals surface area contributed by atoms with Crippen LogP contribution < -0.4 is 9.47 Å². The molecule has 0 heterocycles. The molecular formula is C18H30O5. The lowest BCUT2D eigenvalue weighted by molar-refractivity contribution is -0.0774. The van der Waals surface area contributed by atoms with Crippen LogP contribution in [0.1, 0.15) is 59.4 Å². The summed E-state index contributed by atoms with van der Waals surface area (Å²) in [7, 11) is 0. The zero-order valence-electron chi connectivity index (χ0n) is 15.1. The number of hydrogen-bond donors (Lipinski definition) is 1. The summed E-state index contributed by atoms with van der Waals surface area (Å²) in [5.41, 5.74) is 1.00. The van der Waals surface area contributed by atoms with Gasteiger partial charge in [-0.1, -0.05) is 13.8 Å². The van der Waals surface area contributed by atoms with Gasteiger partial charge in [0.25, 0.3) is 0 Å². The number of aromatic hydroxyl groups is 1. The van der Waals surface area contributed by atoms with Crippen molar-refractivity contribution >= 4 is 0 Å². The van der Waals surface area contributed by atoms with Gasteiger partial charge in [-0.25, -0.2) is 0 Å². The predicted octanol–water partition coefficient (Wildman–Crippen LogP) is 4.43. The van der Waals surface area contributed by atoms with Crippen LogP contribution in [-0.2, 0) is 9.47 Å². The summed E-state index contributed by atoms with van der Waals surface area (Å²) in [6, 6.07) is 3.62. The number of rotatable bonds is 10. The largest absolute Gasteiger partial charge is 0.504 e. The average molecular weight is 326 g/mol. The van der Waals surface area contributed by atoms with Crippen LogP contribution in [0, 0.1) is 0 Å².